The first-order valence-corrected chi connectivity index (χ1v) is 17.8. The van der Waals surface area contributed by atoms with Crippen LogP contribution in [0, 0.1) is 0 Å². The van der Waals surface area contributed by atoms with Crippen molar-refractivity contribution >= 4 is 39.8 Å². The second-order valence-electron chi connectivity index (χ2n) is 12.5. The molecular formula is C39H46N4O4S. The monoisotopic (exact) mass is 666 g/mol. The van der Waals surface area contributed by atoms with Crippen LogP contribution in [0.2, 0.25) is 0 Å². The normalized spacial score (nSPS) is 12.6. The van der Waals surface area contributed by atoms with Crippen LogP contribution in [0.5, 0.6) is 0 Å². The predicted octanol–water partition coefficient (Wildman–Crippen LogP) is 7.56. The van der Waals surface area contributed by atoms with Crippen molar-refractivity contribution in [2.24, 2.45) is 5.73 Å². The van der Waals surface area contributed by atoms with Gasteiger partial charge < -0.3 is 21.5 Å². The van der Waals surface area contributed by atoms with E-state index in [1.807, 2.05) is 54.6 Å². The number of carboxylic acid groups (broad SMARTS) is 1. The molecule has 1 aliphatic carbocycles. The number of benzene rings is 3. The molecule has 1 aliphatic rings. The number of hydrogen-bond donors (Lipinski definition) is 4. The van der Waals surface area contributed by atoms with Crippen molar-refractivity contribution in [1.29, 1.82) is 0 Å². The van der Waals surface area contributed by atoms with Gasteiger partial charge in [0.05, 0.1) is 11.1 Å². The second-order valence-corrected chi connectivity index (χ2v) is 13.6. The number of nitrogens with two attached hydrogens (primary N) is 1. The zero-order chi connectivity index (χ0) is 34.0. The van der Waals surface area contributed by atoms with Crippen molar-refractivity contribution in [3.8, 4) is 0 Å². The molecule has 0 saturated carbocycles. The topological polar surface area (TPSA) is 125 Å². The van der Waals surface area contributed by atoms with Crippen LogP contribution in [-0.4, -0.2) is 46.9 Å². The minimum atomic E-state index is -0.930. The molecule has 2 amide bonds. The minimum Gasteiger partial charge on any atom is -0.478 e. The Morgan fingerprint density at radius 1 is 0.833 bits per heavy atom. The Kier molecular flexibility index (Phi) is 12.2. The van der Waals surface area contributed by atoms with Crippen LogP contribution in [0.4, 0.5) is 10.7 Å². The molecule has 0 fully saturated rings. The summed E-state index contributed by atoms with van der Waals surface area (Å²) in [7, 11) is 0. The first-order valence-electron chi connectivity index (χ1n) is 17.0. The third-order valence-corrected chi connectivity index (χ3v) is 10.4. The molecule has 0 spiro atoms. The van der Waals surface area contributed by atoms with Crippen molar-refractivity contribution in [1.82, 2.24) is 4.90 Å². The smallest absolute Gasteiger partial charge is 0.335 e. The molecule has 0 bridgehead atoms. The number of carboxylic acids is 1. The molecule has 4 aromatic rings. The molecule has 0 radical (unpaired) electrons. The molecule has 8 nitrogen and oxygen atoms in total. The van der Waals surface area contributed by atoms with Crippen molar-refractivity contribution in [3.05, 3.63) is 117 Å². The van der Waals surface area contributed by atoms with Gasteiger partial charge in [0.15, 0.2) is 0 Å². The maximum absolute atomic E-state index is 13.8. The number of rotatable bonds is 15. The Hall–Kier alpha value is -4.31. The van der Waals surface area contributed by atoms with E-state index in [0.29, 0.717) is 34.4 Å². The summed E-state index contributed by atoms with van der Waals surface area (Å²) >= 11 is 1.52. The summed E-state index contributed by atoms with van der Waals surface area (Å²) in [6.07, 6.45) is 7.48. The molecule has 0 atom stereocenters. The molecule has 0 aliphatic heterocycles. The lowest BCUT2D eigenvalue weighted by Gasteiger charge is -2.30. The van der Waals surface area contributed by atoms with Gasteiger partial charge in [0, 0.05) is 41.8 Å². The highest BCUT2D eigenvalue weighted by Gasteiger charge is 2.27. The number of carbonyl (C=O) groups excluding carboxylic acids is 2. The van der Waals surface area contributed by atoms with Gasteiger partial charge in [-0.1, -0.05) is 50.2 Å². The highest BCUT2D eigenvalue weighted by Crippen LogP contribution is 2.39. The predicted molar refractivity (Wildman–Crippen MR) is 194 cm³/mol. The van der Waals surface area contributed by atoms with Crippen LogP contribution < -0.4 is 16.4 Å². The van der Waals surface area contributed by atoms with Gasteiger partial charge >= 0.3 is 5.97 Å². The average Bonchev–Trinajstić information content (AvgIpc) is 3.46. The summed E-state index contributed by atoms with van der Waals surface area (Å²) in [5, 5.41) is 15.9. The van der Waals surface area contributed by atoms with Gasteiger partial charge in [-0.15, -0.1) is 11.3 Å². The van der Waals surface area contributed by atoms with E-state index in [0.717, 1.165) is 86.7 Å². The van der Waals surface area contributed by atoms with Crippen molar-refractivity contribution < 1.29 is 19.5 Å². The van der Waals surface area contributed by atoms with E-state index in [2.05, 4.69) is 35.4 Å². The lowest BCUT2D eigenvalue weighted by Crippen LogP contribution is -2.37. The maximum atomic E-state index is 13.8. The van der Waals surface area contributed by atoms with Gasteiger partial charge in [-0.3, -0.25) is 14.5 Å². The Morgan fingerprint density at radius 3 is 2.15 bits per heavy atom. The Morgan fingerprint density at radius 2 is 1.50 bits per heavy atom. The summed E-state index contributed by atoms with van der Waals surface area (Å²) in [5.74, 6) is -1.37. The fourth-order valence-corrected chi connectivity index (χ4v) is 7.81. The van der Waals surface area contributed by atoms with Gasteiger partial charge in [-0.25, -0.2) is 4.79 Å². The molecule has 3 aromatic carbocycles. The van der Waals surface area contributed by atoms with E-state index >= 15 is 0 Å². The summed E-state index contributed by atoms with van der Waals surface area (Å²) < 4.78 is 0. The summed E-state index contributed by atoms with van der Waals surface area (Å²) in [6, 6.07) is 22.9. The third-order valence-electron chi connectivity index (χ3n) is 9.19. The quantitative estimate of drug-likeness (QED) is 0.104. The van der Waals surface area contributed by atoms with Gasteiger partial charge in [0.1, 0.15) is 5.00 Å². The van der Waals surface area contributed by atoms with Gasteiger partial charge in [-0.05, 0) is 110 Å². The van der Waals surface area contributed by atoms with E-state index in [1.54, 1.807) is 12.1 Å². The fourth-order valence-electron chi connectivity index (χ4n) is 6.53. The summed E-state index contributed by atoms with van der Waals surface area (Å²) in [5.41, 5.74) is 12.3. The number of thiophene rings is 1. The highest BCUT2D eigenvalue weighted by atomic mass is 32.1. The number of hydrogen-bond acceptors (Lipinski definition) is 6. The maximum Gasteiger partial charge on any atom is 0.335 e. The molecule has 5 rings (SSSR count). The first-order chi connectivity index (χ1) is 23.3. The lowest BCUT2D eigenvalue weighted by atomic mass is 9.95. The number of anilines is 2. The number of fused-ring (bicyclic) bond motifs is 1. The molecular weight excluding hydrogens is 621 g/mol. The Balaban J connectivity index is 1.27. The number of nitrogens with zero attached hydrogens (tertiary/aromatic N) is 1. The zero-order valence-electron chi connectivity index (χ0n) is 27.9. The zero-order valence-corrected chi connectivity index (χ0v) is 28.7. The van der Waals surface area contributed by atoms with Crippen LogP contribution in [0.15, 0.2) is 72.8 Å². The van der Waals surface area contributed by atoms with Crippen LogP contribution >= 0.6 is 11.3 Å². The van der Waals surface area contributed by atoms with Crippen LogP contribution in [0.1, 0.15) is 97.7 Å². The van der Waals surface area contributed by atoms with Crippen molar-refractivity contribution in [2.75, 3.05) is 23.7 Å². The largest absolute Gasteiger partial charge is 0.478 e. The Bertz CT molecular complexity index is 1710. The van der Waals surface area contributed by atoms with Gasteiger partial charge in [-0.2, -0.15) is 0 Å². The number of aromatic carboxylic acids is 1. The number of amides is 2. The SMILES string of the molecule is CCC(CC)N(CCN)Cc1cccc(C(=O)Nc2sc3c(c2C(=O)Nc2ccc(CCc4ccc(C(=O)O)cc4)cc2)CCCC3)c1. The highest BCUT2D eigenvalue weighted by molar-refractivity contribution is 7.17. The van der Waals surface area contributed by atoms with Gasteiger partial charge in [0.2, 0.25) is 0 Å². The van der Waals surface area contributed by atoms with Crippen molar-refractivity contribution in [3.63, 3.8) is 0 Å². The fraction of sp³-hybridized carbons (Fsp3) is 0.359. The molecule has 0 saturated heterocycles. The standard InChI is InChI=1S/C39H46N4O4S/c1-3-32(4-2)43(23-22-40)25-28-8-7-9-30(24-28)36(44)42-38-35(33-10-5-6-11-34(33)48-38)37(45)41-31-20-16-27(17-21-31)13-12-26-14-18-29(19-15-26)39(46)47/h7-9,14-21,24,32H,3-6,10-13,22-23,25,40H2,1-2H3,(H,41,45)(H,42,44)(H,46,47). The first kappa shape index (κ1) is 35.0. The van der Waals surface area contributed by atoms with Crippen LogP contribution in [0.25, 0.3) is 0 Å². The molecule has 48 heavy (non-hydrogen) atoms. The van der Waals surface area contributed by atoms with Gasteiger partial charge in [0.25, 0.3) is 11.8 Å². The third kappa shape index (κ3) is 8.78. The molecule has 252 valence electrons. The van der Waals surface area contributed by atoms with E-state index in [-0.39, 0.29) is 17.4 Å². The Labute approximate surface area is 287 Å². The van der Waals surface area contributed by atoms with Crippen LogP contribution in [-0.2, 0) is 32.2 Å². The molecule has 1 aromatic heterocycles. The van der Waals surface area contributed by atoms with Crippen molar-refractivity contribution in [2.45, 2.75) is 77.8 Å². The molecule has 5 N–H and O–H groups in total. The molecule has 1 heterocycles. The van der Waals surface area contributed by atoms with Crippen LogP contribution in [0.3, 0.4) is 0 Å². The van der Waals surface area contributed by atoms with E-state index < -0.39 is 5.97 Å². The second kappa shape index (κ2) is 16.7. The number of aryl methyl sites for hydroxylation is 3. The summed E-state index contributed by atoms with van der Waals surface area (Å²) in [4.78, 5) is 42.1. The summed E-state index contributed by atoms with van der Waals surface area (Å²) in [6.45, 7) is 6.50. The molecule has 9 heteroatoms. The van der Waals surface area contributed by atoms with E-state index in [1.165, 1.54) is 16.2 Å². The minimum absolute atomic E-state index is 0.215. The average molecular weight is 667 g/mol. The van der Waals surface area contributed by atoms with E-state index in [4.69, 9.17) is 10.8 Å². The van der Waals surface area contributed by atoms with E-state index in [9.17, 15) is 14.4 Å². The number of nitrogens with one attached hydrogen (secondary N) is 2. The molecule has 0 unspecified atom stereocenters. The lowest BCUT2D eigenvalue weighted by molar-refractivity contribution is 0.0696. The number of carbonyl (C=O) groups is 3.